The van der Waals surface area contributed by atoms with Crippen molar-refractivity contribution in [3.8, 4) is 0 Å². The van der Waals surface area contributed by atoms with Gasteiger partial charge in [-0.2, -0.15) is 0 Å². The second-order valence-corrected chi connectivity index (χ2v) is 4.77. The van der Waals surface area contributed by atoms with E-state index >= 15 is 0 Å². The standard InChI is InChI=1S/C13H16ClFO3/c1-4-18-12(17)11(16)9-6-5-8(7-10(9)14)13(2,3)15/h5-7,11,16H,4H2,1-3H3. The van der Waals surface area contributed by atoms with Crippen LogP contribution in [0.2, 0.25) is 5.02 Å². The fraction of sp³-hybridized carbons (Fsp3) is 0.462. The number of rotatable bonds is 4. The van der Waals surface area contributed by atoms with E-state index in [1.54, 1.807) is 6.92 Å². The van der Waals surface area contributed by atoms with Gasteiger partial charge in [-0.1, -0.05) is 23.7 Å². The van der Waals surface area contributed by atoms with Crippen molar-refractivity contribution in [3.63, 3.8) is 0 Å². The third-order valence-corrected chi connectivity index (χ3v) is 2.82. The van der Waals surface area contributed by atoms with Gasteiger partial charge in [-0.15, -0.1) is 0 Å². The monoisotopic (exact) mass is 274 g/mol. The van der Waals surface area contributed by atoms with Crippen LogP contribution < -0.4 is 0 Å². The number of hydrogen-bond donors (Lipinski definition) is 1. The molecule has 0 saturated heterocycles. The molecule has 0 aliphatic carbocycles. The van der Waals surface area contributed by atoms with E-state index in [2.05, 4.69) is 4.74 Å². The third-order valence-electron chi connectivity index (χ3n) is 2.49. The van der Waals surface area contributed by atoms with Crippen LogP contribution in [0.15, 0.2) is 18.2 Å². The second kappa shape index (κ2) is 5.67. The molecule has 1 atom stereocenters. The third kappa shape index (κ3) is 3.43. The van der Waals surface area contributed by atoms with Gasteiger partial charge in [-0.25, -0.2) is 9.18 Å². The zero-order valence-corrected chi connectivity index (χ0v) is 11.3. The fourth-order valence-electron chi connectivity index (χ4n) is 1.47. The number of aliphatic hydroxyl groups is 1. The van der Waals surface area contributed by atoms with Crippen molar-refractivity contribution in [1.29, 1.82) is 0 Å². The fourth-order valence-corrected chi connectivity index (χ4v) is 1.75. The quantitative estimate of drug-likeness (QED) is 0.858. The van der Waals surface area contributed by atoms with Crippen LogP contribution >= 0.6 is 11.6 Å². The lowest BCUT2D eigenvalue weighted by molar-refractivity contribution is -0.153. The molecule has 5 heteroatoms. The Labute approximate surface area is 111 Å². The Morgan fingerprint density at radius 3 is 2.61 bits per heavy atom. The van der Waals surface area contributed by atoms with Gasteiger partial charge in [0.25, 0.3) is 0 Å². The molecule has 0 spiro atoms. The van der Waals surface area contributed by atoms with Crippen LogP contribution in [-0.2, 0) is 15.2 Å². The molecule has 1 rings (SSSR count). The maximum Gasteiger partial charge on any atom is 0.339 e. The number of benzene rings is 1. The van der Waals surface area contributed by atoms with Gasteiger partial charge in [0, 0.05) is 10.6 Å². The first-order valence-corrected chi connectivity index (χ1v) is 5.98. The van der Waals surface area contributed by atoms with Crippen molar-refractivity contribution in [2.45, 2.75) is 32.5 Å². The highest BCUT2D eigenvalue weighted by Crippen LogP contribution is 2.31. The van der Waals surface area contributed by atoms with E-state index < -0.39 is 17.7 Å². The molecule has 0 bridgehead atoms. The summed E-state index contributed by atoms with van der Waals surface area (Å²) in [6, 6.07) is 4.32. The lowest BCUT2D eigenvalue weighted by Gasteiger charge is -2.17. The van der Waals surface area contributed by atoms with E-state index in [1.165, 1.54) is 32.0 Å². The molecule has 0 heterocycles. The SMILES string of the molecule is CCOC(=O)C(O)c1ccc(C(C)(C)F)cc1Cl. The Hall–Kier alpha value is -1.13. The van der Waals surface area contributed by atoms with Crippen molar-refractivity contribution in [2.24, 2.45) is 0 Å². The first-order chi connectivity index (χ1) is 8.27. The average molecular weight is 275 g/mol. The van der Waals surface area contributed by atoms with Crippen molar-refractivity contribution in [1.82, 2.24) is 0 Å². The average Bonchev–Trinajstić information content (AvgIpc) is 2.27. The van der Waals surface area contributed by atoms with Crippen molar-refractivity contribution in [2.75, 3.05) is 6.61 Å². The number of esters is 1. The number of carbonyl (C=O) groups is 1. The van der Waals surface area contributed by atoms with E-state index in [0.29, 0.717) is 5.56 Å². The molecule has 0 fully saturated rings. The Morgan fingerprint density at radius 1 is 1.56 bits per heavy atom. The van der Waals surface area contributed by atoms with Crippen molar-refractivity contribution < 1.29 is 19.0 Å². The summed E-state index contributed by atoms with van der Waals surface area (Å²) in [6.07, 6.45) is -1.45. The summed E-state index contributed by atoms with van der Waals surface area (Å²) < 4.78 is 18.4. The molecule has 0 aliphatic heterocycles. The van der Waals surface area contributed by atoms with Gasteiger partial charge in [0.1, 0.15) is 5.67 Å². The second-order valence-electron chi connectivity index (χ2n) is 4.36. The topological polar surface area (TPSA) is 46.5 Å². The Kier molecular flexibility index (Phi) is 4.71. The highest BCUT2D eigenvalue weighted by molar-refractivity contribution is 6.31. The van der Waals surface area contributed by atoms with Crippen LogP contribution in [0.3, 0.4) is 0 Å². The summed E-state index contributed by atoms with van der Waals surface area (Å²) in [5, 5.41) is 9.88. The first kappa shape index (κ1) is 14.9. The van der Waals surface area contributed by atoms with Gasteiger partial charge in [0.2, 0.25) is 0 Å². The van der Waals surface area contributed by atoms with E-state index in [4.69, 9.17) is 11.6 Å². The van der Waals surface area contributed by atoms with Gasteiger partial charge < -0.3 is 9.84 Å². The number of aliphatic hydroxyl groups excluding tert-OH is 1. The van der Waals surface area contributed by atoms with Crippen LogP contribution in [0.4, 0.5) is 4.39 Å². The van der Waals surface area contributed by atoms with Crippen LogP contribution in [0.1, 0.15) is 38.0 Å². The number of halogens is 2. The molecule has 1 aromatic carbocycles. The molecule has 1 aromatic rings. The van der Waals surface area contributed by atoms with Crippen LogP contribution in [0, 0.1) is 0 Å². The van der Waals surface area contributed by atoms with Gasteiger partial charge in [-0.3, -0.25) is 0 Å². The minimum Gasteiger partial charge on any atom is -0.464 e. The predicted molar refractivity (Wildman–Crippen MR) is 67.2 cm³/mol. The summed E-state index contributed by atoms with van der Waals surface area (Å²) >= 11 is 5.94. The zero-order chi connectivity index (χ0) is 13.9. The summed E-state index contributed by atoms with van der Waals surface area (Å²) in [7, 11) is 0. The molecule has 1 N–H and O–H groups in total. The summed E-state index contributed by atoms with van der Waals surface area (Å²) in [5.41, 5.74) is -0.938. The van der Waals surface area contributed by atoms with E-state index in [1.807, 2.05) is 0 Å². The molecule has 18 heavy (non-hydrogen) atoms. The van der Waals surface area contributed by atoms with Gasteiger partial charge in [0.15, 0.2) is 6.10 Å². The van der Waals surface area contributed by atoms with Crippen LogP contribution in [0.5, 0.6) is 0 Å². The highest BCUT2D eigenvalue weighted by Gasteiger charge is 2.24. The van der Waals surface area contributed by atoms with E-state index in [0.717, 1.165) is 0 Å². The van der Waals surface area contributed by atoms with Crippen molar-refractivity contribution in [3.05, 3.63) is 34.3 Å². The molecule has 0 amide bonds. The smallest absolute Gasteiger partial charge is 0.339 e. The first-order valence-electron chi connectivity index (χ1n) is 5.61. The molecule has 1 unspecified atom stereocenters. The van der Waals surface area contributed by atoms with Crippen LogP contribution in [-0.4, -0.2) is 17.7 Å². The minimum absolute atomic E-state index is 0.138. The molecule has 3 nitrogen and oxygen atoms in total. The number of ether oxygens (including phenoxy) is 1. The molecule has 0 radical (unpaired) electrons. The zero-order valence-electron chi connectivity index (χ0n) is 10.5. The Bertz CT molecular complexity index is 440. The Morgan fingerprint density at radius 2 is 2.17 bits per heavy atom. The Balaban J connectivity index is 3.02. The molecular formula is C13H16ClFO3. The number of hydrogen-bond acceptors (Lipinski definition) is 3. The number of carbonyl (C=O) groups excluding carboxylic acids is 1. The summed E-state index contributed by atoms with van der Waals surface area (Å²) in [5.74, 6) is -0.772. The van der Waals surface area contributed by atoms with Crippen molar-refractivity contribution >= 4 is 17.6 Å². The molecule has 100 valence electrons. The molecular weight excluding hydrogens is 259 g/mol. The van der Waals surface area contributed by atoms with E-state index in [9.17, 15) is 14.3 Å². The lowest BCUT2D eigenvalue weighted by atomic mass is 9.97. The predicted octanol–water partition coefficient (Wildman–Crippen LogP) is 3.14. The highest BCUT2D eigenvalue weighted by atomic mass is 35.5. The molecule has 0 aliphatic rings. The van der Waals surface area contributed by atoms with Crippen LogP contribution in [0.25, 0.3) is 0 Å². The summed E-state index contributed by atoms with van der Waals surface area (Å²) in [6.45, 7) is 4.62. The molecule has 0 saturated carbocycles. The summed E-state index contributed by atoms with van der Waals surface area (Å²) in [4.78, 5) is 11.4. The number of alkyl halides is 1. The van der Waals surface area contributed by atoms with E-state index in [-0.39, 0.29) is 17.2 Å². The lowest BCUT2D eigenvalue weighted by Crippen LogP contribution is -2.16. The maximum atomic E-state index is 13.7. The van der Waals surface area contributed by atoms with Gasteiger partial charge in [0.05, 0.1) is 6.61 Å². The minimum atomic E-state index is -1.53. The largest absolute Gasteiger partial charge is 0.464 e. The maximum absolute atomic E-state index is 13.7. The normalized spacial score (nSPS) is 13.2. The van der Waals surface area contributed by atoms with Gasteiger partial charge in [-0.05, 0) is 32.4 Å². The van der Waals surface area contributed by atoms with Gasteiger partial charge >= 0.3 is 5.97 Å². The molecule has 0 aromatic heterocycles.